The minimum atomic E-state index is -0.145. The van der Waals surface area contributed by atoms with E-state index in [9.17, 15) is 4.39 Å². The molecule has 94 valence electrons. The van der Waals surface area contributed by atoms with Crippen molar-refractivity contribution in [1.82, 2.24) is 4.90 Å². The van der Waals surface area contributed by atoms with Crippen LogP contribution in [-0.4, -0.2) is 24.0 Å². The van der Waals surface area contributed by atoms with Crippen molar-refractivity contribution in [3.63, 3.8) is 0 Å². The van der Waals surface area contributed by atoms with Crippen LogP contribution >= 0.6 is 0 Å². The zero-order chi connectivity index (χ0) is 12.4. The average Bonchev–Trinajstić information content (AvgIpc) is 2.29. The molecule has 1 fully saturated rings. The second kappa shape index (κ2) is 5.05. The van der Waals surface area contributed by atoms with Gasteiger partial charge in [-0.25, -0.2) is 4.39 Å². The second-order valence-electron chi connectivity index (χ2n) is 5.18. The van der Waals surface area contributed by atoms with Crippen LogP contribution in [0.2, 0.25) is 0 Å². The Morgan fingerprint density at radius 2 is 1.94 bits per heavy atom. The largest absolute Gasteiger partial charge is 0.399 e. The summed E-state index contributed by atoms with van der Waals surface area (Å²) in [6.45, 7) is 6.55. The smallest absolute Gasteiger partial charge is 0.128 e. The molecule has 17 heavy (non-hydrogen) atoms. The molecule has 0 saturated carbocycles. The van der Waals surface area contributed by atoms with Crippen LogP contribution < -0.4 is 5.73 Å². The molecule has 0 amide bonds. The summed E-state index contributed by atoms with van der Waals surface area (Å²) < 4.78 is 13.8. The van der Waals surface area contributed by atoms with E-state index in [1.807, 2.05) is 6.07 Å². The molecule has 2 rings (SSSR count). The van der Waals surface area contributed by atoms with Gasteiger partial charge in [-0.1, -0.05) is 6.07 Å². The molecule has 0 radical (unpaired) electrons. The van der Waals surface area contributed by atoms with Crippen molar-refractivity contribution in [1.29, 1.82) is 0 Å². The first-order valence-electron chi connectivity index (χ1n) is 6.37. The molecule has 1 saturated heterocycles. The van der Waals surface area contributed by atoms with Gasteiger partial charge >= 0.3 is 0 Å². The van der Waals surface area contributed by atoms with E-state index in [-0.39, 0.29) is 5.82 Å². The van der Waals surface area contributed by atoms with Gasteiger partial charge < -0.3 is 10.6 Å². The Kier molecular flexibility index (Phi) is 3.67. The lowest BCUT2D eigenvalue weighted by Crippen LogP contribution is -2.38. The van der Waals surface area contributed by atoms with E-state index in [0.29, 0.717) is 17.6 Å². The highest BCUT2D eigenvalue weighted by Gasteiger charge is 2.23. The van der Waals surface area contributed by atoms with Gasteiger partial charge in [0.15, 0.2) is 0 Å². The Balaban J connectivity index is 2.05. The maximum Gasteiger partial charge on any atom is 0.128 e. The second-order valence-corrected chi connectivity index (χ2v) is 5.18. The molecule has 1 aliphatic heterocycles. The monoisotopic (exact) mass is 236 g/mol. The van der Waals surface area contributed by atoms with Crippen LogP contribution in [0.1, 0.15) is 38.2 Å². The van der Waals surface area contributed by atoms with Crippen LogP contribution in [0.25, 0.3) is 0 Å². The number of nitrogens with two attached hydrogens (primary N) is 1. The minimum absolute atomic E-state index is 0.145. The number of rotatable bonds is 2. The van der Waals surface area contributed by atoms with E-state index in [1.54, 1.807) is 6.07 Å². The lowest BCUT2D eigenvalue weighted by Gasteiger charge is -2.34. The molecule has 1 heterocycles. The molecule has 0 unspecified atom stereocenters. The highest BCUT2D eigenvalue weighted by Crippen LogP contribution is 2.31. The Morgan fingerprint density at radius 1 is 1.29 bits per heavy atom. The minimum Gasteiger partial charge on any atom is -0.399 e. The lowest BCUT2D eigenvalue weighted by molar-refractivity contribution is 0.171. The van der Waals surface area contributed by atoms with Crippen LogP contribution in [0.15, 0.2) is 18.2 Å². The summed E-state index contributed by atoms with van der Waals surface area (Å²) >= 11 is 0. The van der Waals surface area contributed by atoms with Crippen LogP contribution in [0.4, 0.5) is 10.1 Å². The highest BCUT2D eigenvalue weighted by atomic mass is 19.1. The summed E-state index contributed by atoms with van der Waals surface area (Å²) in [5.41, 5.74) is 6.91. The lowest BCUT2D eigenvalue weighted by atomic mass is 9.88. The van der Waals surface area contributed by atoms with Gasteiger partial charge in [0.25, 0.3) is 0 Å². The van der Waals surface area contributed by atoms with Gasteiger partial charge in [0.05, 0.1) is 0 Å². The Hall–Kier alpha value is -1.09. The van der Waals surface area contributed by atoms with Crippen molar-refractivity contribution in [2.75, 3.05) is 18.8 Å². The molecular formula is C14H21FN2. The third-order valence-corrected chi connectivity index (χ3v) is 3.72. The first-order valence-corrected chi connectivity index (χ1v) is 6.37. The van der Waals surface area contributed by atoms with Gasteiger partial charge in [-0.3, -0.25) is 0 Å². The van der Waals surface area contributed by atoms with E-state index in [4.69, 9.17) is 5.73 Å². The molecule has 2 nitrogen and oxygen atoms in total. The molecule has 1 aromatic carbocycles. The first kappa shape index (κ1) is 12.4. The van der Waals surface area contributed by atoms with E-state index in [2.05, 4.69) is 18.7 Å². The van der Waals surface area contributed by atoms with Crippen molar-refractivity contribution in [2.45, 2.75) is 38.6 Å². The van der Waals surface area contributed by atoms with Crippen LogP contribution in [-0.2, 0) is 0 Å². The van der Waals surface area contributed by atoms with Gasteiger partial charge in [-0.15, -0.1) is 0 Å². The van der Waals surface area contributed by atoms with E-state index in [1.165, 1.54) is 6.07 Å². The summed E-state index contributed by atoms with van der Waals surface area (Å²) in [5, 5.41) is 0. The molecule has 0 bridgehead atoms. The third kappa shape index (κ3) is 2.78. The Morgan fingerprint density at radius 3 is 2.47 bits per heavy atom. The fraction of sp³-hybridized carbons (Fsp3) is 0.571. The van der Waals surface area contributed by atoms with Crippen molar-refractivity contribution in [3.05, 3.63) is 29.6 Å². The van der Waals surface area contributed by atoms with Gasteiger partial charge in [-0.05, 0) is 63.4 Å². The Labute approximate surface area is 103 Å². The fourth-order valence-corrected chi connectivity index (χ4v) is 2.60. The number of anilines is 1. The number of nitrogens with zero attached hydrogens (tertiary/aromatic N) is 1. The van der Waals surface area contributed by atoms with Crippen LogP contribution in [0.5, 0.6) is 0 Å². The third-order valence-electron chi connectivity index (χ3n) is 3.72. The predicted molar refractivity (Wildman–Crippen MR) is 69.5 cm³/mol. The molecule has 0 atom stereocenters. The summed E-state index contributed by atoms with van der Waals surface area (Å²) in [5.74, 6) is 0.207. The van der Waals surface area contributed by atoms with E-state index < -0.39 is 0 Å². The fourth-order valence-electron chi connectivity index (χ4n) is 2.60. The molecule has 0 spiro atoms. The Bertz CT molecular complexity index is 382. The standard InChI is InChI=1S/C14H21FN2/c1-10(2)17-7-5-11(6-8-17)13-4-3-12(16)9-14(13)15/h3-4,9-11H,5-8,16H2,1-2H3. The first-order chi connectivity index (χ1) is 8.08. The molecule has 0 aliphatic carbocycles. The van der Waals surface area contributed by atoms with Crippen molar-refractivity contribution >= 4 is 5.69 Å². The van der Waals surface area contributed by atoms with Gasteiger partial charge in [0, 0.05) is 11.7 Å². The molecule has 0 aromatic heterocycles. The van der Waals surface area contributed by atoms with Crippen LogP contribution in [0, 0.1) is 5.82 Å². The number of hydrogen-bond acceptors (Lipinski definition) is 2. The summed E-state index contributed by atoms with van der Waals surface area (Å²) in [6, 6.07) is 5.67. The van der Waals surface area contributed by atoms with Gasteiger partial charge in [-0.2, -0.15) is 0 Å². The number of benzene rings is 1. The van der Waals surface area contributed by atoms with E-state index >= 15 is 0 Å². The molecule has 3 heteroatoms. The number of halogens is 1. The maximum atomic E-state index is 13.8. The normalized spacial score (nSPS) is 18.8. The molecular weight excluding hydrogens is 215 g/mol. The molecule has 1 aliphatic rings. The predicted octanol–water partition coefficient (Wildman–Crippen LogP) is 3.00. The summed E-state index contributed by atoms with van der Waals surface area (Å²) in [4.78, 5) is 2.45. The van der Waals surface area contributed by atoms with Crippen LogP contribution in [0.3, 0.4) is 0 Å². The summed E-state index contributed by atoms with van der Waals surface area (Å²) in [7, 11) is 0. The highest BCUT2D eigenvalue weighted by molar-refractivity contribution is 5.41. The van der Waals surface area contributed by atoms with Crippen molar-refractivity contribution < 1.29 is 4.39 Å². The van der Waals surface area contributed by atoms with Crippen molar-refractivity contribution in [2.24, 2.45) is 0 Å². The van der Waals surface area contributed by atoms with Crippen molar-refractivity contribution in [3.8, 4) is 0 Å². The topological polar surface area (TPSA) is 29.3 Å². The summed E-state index contributed by atoms with van der Waals surface area (Å²) in [6.07, 6.45) is 2.08. The number of nitrogen functional groups attached to an aromatic ring is 1. The number of hydrogen-bond donors (Lipinski definition) is 1. The van der Waals surface area contributed by atoms with Gasteiger partial charge in [0.2, 0.25) is 0 Å². The SMILES string of the molecule is CC(C)N1CCC(c2ccc(N)cc2F)CC1. The maximum absolute atomic E-state index is 13.8. The van der Waals surface area contributed by atoms with Gasteiger partial charge in [0.1, 0.15) is 5.82 Å². The average molecular weight is 236 g/mol. The quantitative estimate of drug-likeness (QED) is 0.800. The van der Waals surface area contributed by atoms with E-state index in [0.717, 1.165) is 31.5 Å². The molecule has 1 aromatic rings. The zero-order valence-electron chi connectivity index (χ0n) is 10.6. The number of likely N-dealkylation sites (tertiary alicyclic amines) is 1. The molecule has 2 N–H and O–H groups in total. The zero-order valence-corrected chi connectivity index (χ0v) is 10.6. The number of piperidine rings is 1.